The SMILES string of the molecule is COc1cccc(-c2cnc(N3CCC(C)C3(C)C)c(C(=O)NS(=O)(=O)c3cccc(N)n3)c2)c1. The lowest BCUT2D eigenvalue weighted by atomic mass is 9.90. The first-order valence-electron chi connectivity index (χ1n) is 11.2. The zero-order valence-corrected chi connectivity index (χ0v) is 21.0. The van der Waals surface area contributed by atoms with E-state index in [9.17, 15) is 13.2 Å². The van der Waals surface area contributed by atoms with Crippen LogP contribution in [-0.2, 0) is 10.0 Å². The Balaban J connectivity index is 1.79. The van der Waals surface area contributed by atoms with E-state index in [2.05, 4.69) is 40.4 Å². The summed E-state index contributed by atoms with van der Waals surface area (Å²) in [5, 5.41) is -0.334. The van der Waals surface area contributed by atoms with Gasteiger partial charge in [0.2, 0.25) is 0 Å². The predicted octanol–water partition coefficient (Wildman–Crippen LogP) is 3.48. The van der Waals surface area contributed by atoms with E-state index in [1.807, 2.05) is 24.3 Å². The first-order valence-corrected chi connectivity index (χ1v) is 12.7. The molecule has 2 aromatic heterocycles. The van der Waals surface area contributed by atoms with Crippen LogP contribution in [0.3, 0.4) is 0 Å². The topological polar surface area (TPSA) is 128 Å². The summed E-state index contributed by atoms with van der Waals surface area (Å²) >= 11 is 0. The third-order valence-corrected chi connectivity index (χ3v) is 7.94. The van der Waals surface area contributed by atoms with Gasteiger partial charge in [-0.2, -0.15) is 8.42 Å². The van der Waals surface area contributed by atoms with E-state index in [0.29, 0.717) is 29.6 Å². The van der Waals surface area contributed by atoms with Gasteiger partial charge in [-0.25, -0.2) is 14.7 Å². The summed E-state index contributed by atoms with van der Waals surface area (Å²) in [5.41, 5.74) is 6.96. The number of rotatable bonds is 6. The maximum absolute atomic E-state index is 13.5. The maximum atomic E-state index is 13.5. The Labute approximate surface area is 205 Å². The van der Waals surface area contributed by atoms with Crippen molar-refractivity contribution in [2.24, 2.45) is 5.92 Å². The van der Waals surface area contributed by atoms with Gasteiger partial charge in [-0.3, -0.25) is 4.79 Å². The summed E-state index contributed by atoms with van der Waals surface area (Å²) in [6.45, 7) is 7.04. The van der Waals surface area contributed by atoms with Crippen molar-refractivity contribution in [2.45, 2.75) is 37.8 Å². The lowest BCUT2D eigenvalue weighted by Gasteiger charge is -2.36. The van der Waals surface area contributed by atoms with Crippen LogP contribution in [0.15, 0.2) is 59.8 Å². The van der Waals surface area contributed by atoms with Crippen LogP contribution in [0.1, 0.15) is 37.6 Å². The highest BCUT2D eigenvalue weighted by atomic mass is 32.2. The van der Waals surface area contributed by atoms with Crippen LogP contribution in [0.5, 0.6) is 5.75 Å². The Kier molecular flexibility index (Phi) is 6.42. The summed E-state index contributed by atoms with van der Waals surface area (Å²) in [6.07, 6.45) is 2.62. The van der Waals surface area contributed by atoms with Crippen LogP contribution in [0.2, 0.25) is 0 Å². The smallest absolute Gasteiger partial charge is 0.281 e. The van der Waals surface area contributed by atoms with E-state index in [-0.39, 0.29) is 21.9 Å². The molecule has 1 aliphatic rings. The van der Waals surface area contributed by atoms with Gasteiger partial charge in [0.1, 0.15) is 17.4 Å². The summed E-state index contributed by atoms with van der Waals surface area (Å²) in [4.78, 5) is 24.0. The normalized spacial score (nSPS) is 17.3. The van der Waals surface area contributed by atoms with Gasteiger partial charge in [-0.1, -0.05) is 25.1 Å². The molecule has 1 unspecified atom stereocenters. The van der Waals surface area contributed by atoms with Crippen molar-refractivity contribution in [1.82, 2.24) is 14.7 Å². The average molecular weight is 496 g/mol. The molecule has 0 aliphatic carbocycles. The van der Waals surface area contributed by atoms with E-state index >= 15 is 0 Å². The second-order valence-corrected chi connectivity index (χ2v) is 10.8. The highest BCUT2D eigenvalue weighted by Gasteiger charge is 2.41. The Hall–Kier alpha value is -3.66. The summed E-state index contributed by atoms with van der Waals surface area (Å²) in [6, 6.07) is 13.2. The van der Waals surface area contributed by atoms with Crippen molar-refractivity contribution >= 4 is 27.6 Å². The highest BCUT2D eigenvalue weighted by molar-refractivity contribution is 7.90. The van der Waals surface area contributed by atoms with E-state index in [4.69, 9.17) is 10.5 Å². The van der Waals surface area contributed by atoms with Crippen molar-refractivity contribution in [1.29, 1.82) is 0 Å². The van der Waals surface area contributed by atoms with Gasteiger partial charge in [0.25, 0.3) is 15.9 Å². The zero-order valence-electron chi connectivity index (χ0n) is 20.1. The quantitative estimate of drug-likeness (QED) is 0.532. The molecule has 1 amide bonds. The molecule has 1 saturated heterocycles. The Morgan fingerprint density at radius 3 is 2.57 bits per heavy atom. The molecule has 1 fully saturated rings. The van der Waals surface area contributed by atoms with Crippen LogP contribution in [-0.4, -0.2) is 43.5 Å². The van der Waals surface area contributed by atoms with Gasteiger partial charge in [-0.15, -0.1) is 0 Å². The van der Waals surface area contributed by atoms with Crippen molar-refractivity contribution in [3.8, 4) is 16.9 Å². The molecule has 3 heterocycles. The van der Waals surface area contributed by atoms with Gasteiger partial charge in [0.15, 0.2) is 5.03 Å². The van der Waals surface area contributed by atoms with E-state index < -0.39 is 15.9 Å². The minimum absolute atomic E-state index is 0.0375. The first kappa shape index (κ1) is 24.5. The molecule has 0 saturated carbocycles. The molecule has 4 rings (SSSR count). The number of nitrogens with two attached hydrogens (primary N) is 1. The molecule has 1 aromatic carbocycles. The monoisotopic (exact) mass is 495 g/mol. The molecule has 0 bridgehead atoms. The van der Waals surface area contributed by atoms with Gasteiger partial charge in [0, 0.05) is 23.8 Å². The molecule has 184 valence electrons. The third kappa shape index (κ3) is 4.79. The summed E-state index contributed by atoms with van der Waals surface area (Å²) in [7, 11) is -2.68. The van der Waals surface area contributed by atoms with E-state index in [1.165, 1.54) is 18.2 Å². The van der Waals surface area contributed by atoms with Crippen LogP contribution in [0, 0.1) is 5.92 Å². The number of aromatic nitrogens is 2. The minimum atomic E-state index is -4.26. The maximum Gasteiger partial charge on any atom is 0.281 e. The number of hydrogen-bond donors (Lipinski definition) is 2. The molecule has 3 aromatic rings. The zero-order chi connectivity index (χ0) is 25.4. The Morgan fingerprint density at radius 1 is 1.17 bits per heavy atom. The lowest BCUT2D eigenvalue weighted by molar-refractivity contribution is 0.0981. The number of nitrogen functional groups attached to an aromatic ring is 1. The van der Waals surface area contributed by atoms with Crippen molar-refractivity contribution in [3.05, 3.63) is 60.3 Å². The van der Waals surface area contributed by atoms with Crippen LogP contribution >= 0.6 is 0 Å². The molecule has 1 aliphatic heterocycles. The standard InChI is InChI=1S/C25H29N5O4S/c1-16-11-12-30(25(16,2)3)23-20(14-18(15-27-23)17-7-5-8-19(13-17)34-4)24(31)29-35(32,33)22-10-6-9-21(26)28-22/h5-10,13-16H,11-12H2,1-4H3,(H2,26,28)(H,29,31). The van der Waals surface area contributed by atoms with Crippen molar-refractivity contribution in [2.75, 3.05) is 24.3 Å². The van der Waals surface area contributed by atoms with Gasteiger partial charge >= 0.3 is 0 Å². The number of hydrogen-bond acceptors (Lipinski definition) is 8. The van der Waals surface area contributed by atoms with E-state index in [0.717, 1.165) is 12.0 Å². The average Bonchev–Trinajstić information content (AvgIpc) is 3.10. The molecular weight excluding hydrogens is 466 g/mol. The molecule has 10 heteroatoms. The number of amides is 1. The Bertz CT molecular complexity index is 1370. The molecule has 1 atom stereocenters. The van der Waals surface area contributed by atoms with E-state index in [1.54, 1.807) is 19.4 Å². The highest BCUT2D eigenvalue weighted by Crippen LogP contribution is 2.39. The number of anilines is 2. The summed E-state index contributed by atoms with van der Waals surface area (Å²) < 4.78 is 33.3. The van der Waals surface area contributed by atoms with Crippen LogP contribution in [0.4, 0.5) is 11.6 Å². The summed E-state index contributed by atoms with van der Waals surface area (Å²) in [5.74, 6) is 0.687. The molecule has 35 heavy (non-hydrogen) atoms. The van der Waals surface area contributed by atoms with Crippen molar-refractivity contribution in [3.63, 3.8) is 0 Å². The van der Waals surface area contributed by atoms with Crippen molar-refractivity contribution < 1.29 is 17.9 Å². The fourth-order valence-electron chi connectivity index (χ4n) is 4.22. The van der Waals surface area contributed by atoms with Crippen LogP contribution < -0.4 is 20.1 Å². The molecular formula is C25H29N5O4S. The second kappa shape index (κ2) is 9.18. The number of carbonyl (C=O) groups is 1. The predicted molar refractivity (Wildman–Crippen MR) is 135 cm³/mol. The van der Waals surface area contributed by atoms with Gasteiger partial charge in [-0.05, 0) is 62.1 Å². The second-order valence-electron chi connectivity index (χ2n) is 9.16. The minimum Gasteiger partial charge on any atom is -0.497 e. The molecule has 9 nitrogen and oxygen atoms in total. The first-order chi connectivity index (χ1) is 16.5. The largest absolute Gasteiger partial charge is 0.497 e. The molecule has 3 N–H and O–H groups in total. The number of methoxy groups -OCH3 is 1. The number of nitrogens with one attached hydrogen (secondary N) is 1. The van der Waals surface area contributed by atoms with Gasteiger partial charge < -0.3 is 15.4 Å². The number of benzene rings is 1. The lowest BCUT2D eigenvalue weighted by Crippen LogP contribution is -2.43. The number of pyridine rings is 2. The Morgan fingerprint density at radius 2 is 1.91 bits per heavy atom. The number of carbonyl (C=O) groups excluding carboxylic acids is 1. The number of nitrogens with zero attached hydrogens (tertiary/aromatic N) is 3. The fraction of sp³-hybridized carbons (Fsp3) is 0.320. The molecule has 0 spiro atoms. The number of sulfonamides is 1. The third-order valence-electron chi connectivity index (χ3n) is 6.70. The fourth-order valence-corrected chi connectivity index (χ4v) is 5.16. The molecule has 0 radical (unpaired) electrons. The number of ether oxygens (including phenoxy) is 1. The van der Waals surface area contributed by atoms with Gasteiger partial charge in [0.05, 0.1) is 12.7 Å². The van der Waals surface area contributed by atoms with Crippen LogP contribution in [0.25, 0.3) is 11.1 Å².